The Labute approximate surface area is 124 Å². The Kier molecular flexibility index (Phi) is 7.08. The zero-order valence-electron chi connectivity index (χ0n) is 13.9. The highest BCUT2D eigenvalue weighted by molar-refractivity contribution is 5.30. The van der Waals surface area contributed by atoms with Gasteiger partial charge in [-0.05, 0) is 49.3 Å². The molecule has 1 aromatic rings. The van der Waals surface area contributed by atoms with Crippen molar-refractivity contribution in [2.45, 2.75) is 59.5 Å². The van der Waals surface area contributed by atoms with Gasteiger partial charge in [-0.3, -0.25) is 0 Å². The van der Waals surface area contributed by atoms with E-state index in [4.69, 9.17) is 4.74 Å². The van der Waals surface area contributed by atoms with Gasteiger partial charge in [-0.25, -0.2) is 0 Å². The van der Waals surface area contributed by atoms with Gasteiger partial charge in [0.1, 0.15) is 5.75 Å². The normalized spacial score (nSPS) is 13.2. The third kappa shape index (κ3) is 5.96. The Balaban J connectivity index is 2.70. The van der Waals surface area contributed by atoms with Crippen LogP contribution in [0.4, 0.5) is 0 Å². The van der Waals surface area contributed by atoms with E-state index in [1.54, 1.807) is 7.11 Å². The molecule has 2 nitrogen and oxygen atoms in total. The summed E-state index contributed by atoms with van der Waals surface area (Å²) in [5, 5.41) is 3.79. The molecule has 0 saturated heterocycles. The van der Waals surface area contributed by atoms with Crippen LogP contribution < -0.4 is 10.1 Å². The SMILES string of the molecule is COc1cccc([C@@H](C)NC(CC(C)C)CC(C)C)c1. The maximum absolute atomic E-state index is 5.31. The van der Waals surface area contributed by atoms with E-state index in [1.165, 1.54) is 18.4 Å². The van der Waals surface area contributed by atoms with E-state index in [2.05, 4.69) is 58.1 Å². The van der Waals surface area contributed by atoms with E-state index < -0.39 is 0 Å². The number of rotatable bonds is 8. The molecule has 0 aliphatic rings. The first kappa shape index (κ1) is 17.0. The summed E-state index contributed by atoms with van der Waals surface area (Å²) in [6.07, 6.45) is 2.46. The Morgan fingerprint density at radius 2 is 1.60 bits per heavy atom. The molecule has 0 aliphatic heterocycles. The lowest BCUT2D eigenvalue weighted by Gasteiger charge is -2.26. The first-order chi connectivity index (χ1) is 9.42. The molecule has 0 spiro atoms. The zero-order chi connectivity index (χ0) is 15.1. The Morgan fingerprint density at radius 3 is 2.10 bits per heavy atom. The lowest BCUT2D eigenvalue weighted by Crippen LogP contribution is -2.34. The van der Waals surface area contributed by atoms with Crippen LogP contribution in [-0.4, -0.2) is 13.2 Å². The topological polar surface area (TPSA) is 21.3 Å². The summed E-state index contributed by atoms with van der Waals surface area (Å²) in [4.78, 5) is 0. The minimum absolute atomic E-state index is 0.354. The van der Waals surface area contributed by atoms with Crippen molar-refractivity contribution in [3.8, 4) is 5.75 Å². The van der Waals surface area contributed by atoms with Crippen LogP contribution in [0.15, 0.2) is 24.3 Å². The molecule has 1 atom stereocenters. The molecule has 0 aliphatic carbocycles. The molecular formula is C18H31NO. The molecule has 0 saturated carbocycles. The average molecular weight is 277 g/mol. The van der Waals surface area contributed by atoms with E-state index in [1.807, 2.05) is 6.07 Å². The second kappa shape index (κ2) is 8.31. The molecule has 0 unspecified atom stereocenters. The van der Waals surface area contributed by atoms with Gasteiger partial charge in [0.15, 0.2) is 0 Å². The summed E-state index contributed by atoms with van der Waals surface area (Å²) >= 11 is 0. The van der Waals surface area contributed by atoms with Gasteiger partial charge in [0, 0.05) is 12.1 Å². The standard InChI is InChI=1S/C18H31NO/c1-13(2)10-17(11-14(3)4)19-15(5)16-8-7-9-18(12-16)20-6/h7-9,12-15,17,19H,10-11H2,1-6H3/t15-/m1/s1. The van der Waals surface area contributed by atoms with Crippen molar-refractivity contribution in [2.24, 2.45) is 11.8 Å². The third-order valence-corrected chi connectivity index (χ3v) is 3.59. The third-order valence-electron chi connectivity index (χ3n) is 3.59. The van der Waals surface area contributed by atoms with Crippen LogP contribution >= 0.6 is 0 Å². The fourth-order valence-corrected chi connectivity index (χ4v) is 2.73. The molecule has 1 rings (SSSR count). The van der Waals surface area contributed by atoms with Crippen LogP contribution in [0.5, 0.6) is 5.75 Å². The molecule has 0 bridgehead atoms. The average Bonchev–Trinajstić information content (AvgIpc) is 2.37. The summed E-state index contributed by atoms with van der Waals surface area (Å²) in [6.45, 7) is 11.4. The van der Waals surface area contributed by atoms with Gasteiger partial charge in [-0.15, -0.1) is 0 Å². The molecule has 1 N–H and O–H groups in total. The van der Waals surface area contributed by atoms with E-state index in [-0.39, 0.29) is 0 Å². The van der Waals surface area contributed by atoms with Gasteiger partial charge in [0.25, 0.3) is 0 Å². The minimum atomic E-state index is 0.354. The Morgan fingerprint density at radius 1 is 1.00 bits per heavy atom. The molecule has 0 amide bonds. The highest BCUT2D eigenvalue weighted by Gasteiger charge is 2.16. The molecule has 2 heteroatoms. The largest absolute Gasteiger partial charge is 0.497 e. The van der Waals surface area contributed by atoms with Crippen LogP contribution in [0.3, 0.4) is 0 Å². The van der Waals surface area contributed by atoms with Crippen molar-refractivity contribution in [3.05, 3.63) is 29.8 Å². The van der Waals surface area contributed by atoms with E-state index in [0.717, 1.165) is 17.6 Å². The molecule has 0 radical (unpaired) electrons. The Bertz CT molecular complexity index is 377. The first-order valence-electron chi connectivity index (χ1n) is 7.82. The molecule has 114 valence electrons. The van der Waals surface area contributed by atoms with Crippen molar-refractivity contribution in [1.82, 2.24) is 5.32 Å². The smallest absolute Gasteiger partial charge is 0.119 e. The fourth-order valence-electron chi connectivity index (χ4n) is 2.73. The molecule has 0 heterocycles. The first-order valence-corrected chi connectivity index (χ1v) is 7.82. The predicted octanol–water partition coefficient (Wildman–Crippen LogP) is 4.81. The van der Waals surface area contributed by atoms with Gasteiger partial charge in [0.05, 0.1) is 7.11 Å². The summed E-state index contributed by atoms with van der Waals surface area (Å²) in [5.74, 6) is 2.38. The predicted molar refractivity (Wildman–Crippen MR) is 87.2 cm³/mol. The fraction of sp³-hybridized carbons (Fsp3) is 0.667. The van der Waals surface area contributed by atoms with Crippen LogP contribution in [0.1, 0.15) is 59.1 Å². The number of hydrogen-bond donors (Lipinski definition) is 1. The maximum atomic E-state index is 5.31. The number of methoxy groups -OCH3 is 1. The van der Waals surface area contributed by atoms with Crippen molar-refractivity contribution in [2.75, 3.05) is 7.11 Å². The van der Waals surface area contributed by atoms with Gasteiger partial charge >= 0.3 is 0 Å². The maximum Gasteiger partial charge on any atom is 0.119 e. The second-order valence-electron chi connectivity index (χ2n) is 6.62. The van der Waals surface area contributed by atoms with Crippen molar-refractivity contribution < 1.29 is 4.74 Å². The van der Waals surface area contributed by atoms with Gasteiger partial charge in [0.2, 0.25) is 0 Å². The van der Waals surface area contributed by atoms with E-state index in [9.17, 15) is 0 Å². The van der Waals surface area contributed by atoms with Crippen LogP contribution in [0.2, 0.25) is 0 Å². The quantitative estimate of drug-likeness (QED) is 0.736. The minimum Gasteiger partial charge on any atom is -0.497 e. The molecule has 20 heavy (non-hydrogen) atoms. The van der Waals surface area contributed by atoms with Gasteiger partial charge < -0.3 is 10.1 Å². The van der Waals surface area contributed by atoms with Gasteiger partial charge in [-0.2, -0.15) is 0 Å². The van der Waals surface area contributed by atoms with Crippen LogP contribution in [-0.2, 0) is 0 Å². The lowest BCUT2D eigenvalue weighted by atomic mass is 9.94. The van der Waals surface area contributed by atoms with Crippen molar-refractivity contribution >= 4 is 0 Å². The second-order valence-corrected chi connectivity index (χ2v) is 6.62. The summed E-state index contributed by atoms with van der Waals surface area (Å²) in [7, 11) is 1.72. The summed E-state index contributed by atoms with van der Waals surface area (Å²) in [6, 6.07) is 9.28. The summed E-state index contributed by atoms with van der Waals surface area (Å²) < 4.78 is 5.31. The van der Waals surface area contributed by atoms with E-state index >= 15 is 0 Å². The highest BCUT2D eigenvalue weighted by atomic mass is 16.5. The van der Waals surface area contributed by atoms with Gasteiger partial charge in [-0.1, -0.05) is 39.8 Å². The number of hydrogen-bond acceptors (Lipinski definition) is 2. The molecular weight excluding hydrogens is 246 g/mol. The van der Waals surface area contributed by atoms with Crippen LogP contribution in [0.25, 0.3) is 0 Å². The van der Waals surface area contributed by atoms with E-state index in [0.29, 0.717) is 12.1 Å². The zero-order valence-corrected chi connectivity index (χ0v) is 13.9. The van der Waals surface area contributed by atoms with Crippen LogP contribution in [0, 0.1) is 11.8 Å². The number of ether oxygens (including phenoxy) is 1. The van der Waals surface area contributed by atoms with Crippen molar-refractivity contribution in [3.63, 3.8) is 0 Å². The number of benzene rings is 1. The number of nitrogens with one attached hydrogen (secondary N) is 1. The lowest BCUT2D eigenvalue weighted by molar-refractivity contribution is 0.334. The molecule has 1 aromatic carbocycles. The molecule has 0 fully saturated rings. The monoisotopic (exact) mass is 277 g/mol. The summed E-state index contributed by atoms with van der Waals surface area (Å²) in [5.41, 5.74) is 1.29. The Hall–Kier alpha value is -1.02. The highest BCUT2D eigenvalue weighted by Crippen LogP contribution is 2.22. The van der Waals surface area contributed by atoms with Crippen molar-refractivity contribution in [1.29, 1.82) is 0 Å². The molecule has 0 aromatic heterocycles.